The van der Waals surface area contributed by atoms with E-state index in [4.69, 9.17) is 11.5 Å². The molecule has 2 rings (SSSR count). The van der Waals surface area contributed by atoms with Crippen LogP contribution in [0.1, 0.15) is 18.4 Å². The number of amides is 1. The molecular formula is C16H24N6O. The summed E-state index contributed by atoms with van der Waals surface area (Å²) in [6.45, 7) is 3.47. The Kier molecular flexibility index (Phi) is 6.13. The number of rotatable bonds is 8. The molecule has 0 radical (unpaired) electrons. The van der Waals surface area contributed by atoms with E-state index in [0.29, 0.717) is 17.9 Å². The Morgan fingerprint density at radius 3 is 2.91 bits per heavy atom. The smallest absolute Gasteiger partial charge is 0.253 e. The molecule has 1 aliphatic rings. The molecule has 0 aromatic heterocycles. The summed E-state index contributed by atoms with van der Waals surface area (Å²) in [7, 11) is 0. The van der Waals surface area contributed by atoms with E-state index in [9.17, 15) is 4.79 Å². The molecule has 1 unspecified atom stereocenters. The Labute approximate surface area is 136 Å². The second-order valence-corrected chi connectivity index (χ2v) is 5.42. The lowest BCUT2D eigenvalue weighted by atomic mass is 10.2. The van der Waals surface area contributed by atoms with Crippen molar-refractivity contribution < 1.29 is 4.79 Å². The number of benzene rings is 1. The molecule has 1 amide bonds. The first-order chi connectivity index (χ1) is 11.1. The van der Waals surface area contributed by atoms with Crippen LogP contribution >= 0.6 is 0 Å². The van der Waals surface area contributed by atoms with Gasteiger partial charge in [-0.05, 0) is 50.6 Å². The maximum atomic E-state index is 11.6. The second-order valence-electron chi connectivity index (χ2n) is 5.42. The Bertz CT molecular complexity index is 610. The van der Waals surface area contributed by atoms with Crippen LogP contribution in [0.15, 0.2) is 40.7 Å². The van der Waals surface area contributed by atoms with Gasteiger partial charge < -0.3 is 22.1 Å². The summed E-state index contributed by atoms with van der Waals surface area (Å²) in [5.41, 5.74) is 13.2. The van der Waals surface area contributed by atoms with E-state index in [1.165, 1.54) is 6.21 Å². The minimum absolute atomic E-state index is 0.303. The molecule has 0 saturated carbocycles. The molecule has 0 saturated heterocycles. The summed E-state index contributed by atoms with van der Waals surface area (Å²) in [4.78, 5) is 15.8. The summed E-state index contributed by atoms with van der Waals surface area (Å²) < 4.78 is 0. The van der Waals surface area contributed by atoms with E-state index in [2.05, 4.69) is 20.9 Å². The normalized spacial score (nSPS) is 17.0. The van der Waals surface area contributed by atoms with Crippen molar-refractivity contribution in [1.29, 1.82) is 0 Å². The van der Waals surface area contributed by atoms with Gasteiger partial charge in [0.1, 0.15) is 5.82 Å². The Hall–Kier alpha value is -2.38. The number of carbonyl (C=O) groups is 1. The maximum absolute atomic E-state index is 11.6. The summed E-state index contributed by atoms with van der Waals surface area (Å²) in [6.07, 6.45) is 3.12. The number of anilines is 1. The lowest BCUT2D eigenvalue weighted by Crippen LogP contribution is -2.46. The van der Waals surface area contributed by atoms with Crippen molar-refractivity contribution in [2.75, 3.05) is 18.4 Å². The van der Waals surface area contributed by atoms with Crippen molar-refractivity contribution >= 4 is 17.8 Å². The van der Waals surface area contributed by atoms with Crippen LogP contribution in [0.25, 0.3) is 0 Å². The van der Waals surface area contributed by atoms with Crippen LogP contribution in [0, 0.1) is 6.92 Å². The van der Waals surface area contributed by atoms with Gasteiger partial charge in [-0.3, -0.25) is 15.1 Å². The Balaban J connectivity index is 2.05. The topological polar surface area (TPSA) is 118 Å². The largest absolute Gasteiger partial charge is 0.365 e. The van der Waals surface area contributed by atoms with Crippen LogP contribution in [0.5, 0.6) is 0 Å². The van der Waals surface area contributed by atoms with Crippen molar-refractivity contribution in [2.24, 2.45) is 16.5 Å². The maximum Gasteiger partial charge on any atom is 0.253 e. The predicted octanol–water partition coefficient (Wildman–Crippen LogP) is 0.390. The van der Waals surface area contributed by atoms with Crippen LogP contribution in [-0.2, 0) is 4.79 Å². The molecule has 7 heteroatoms. The number of hydrogen-bond acceptors (Lipinski definition) is 6. The van der Waals surface area contributed by atoms with Crippen LogP contribution in [0.4, 0.5) is 5.69 Å². The number of aryl methyl sites for hydroxylation is 1. The summed E-state index contributed by atoms with van der Waals surface area (Å²) in [5, 5.41) is 9.61. The number of hydrogen-bond donors (Lipinski definition) is 5. The van der Waals surface area contributed by atoms with Crippen LogP contribution in [-0.4, -0.2) is 31.5 Å². The number of nitrogens with one attached hydrogen (secondary N) is 3. The Morgan fingerprint density at radius 2 is 2.22 bits per heavy atom. The molecule has 0 spiro atoms. The summed E-state index contributed by atoms with van der Waals surface area (Å²) in [6, 6.07) is 7.87. The fourth-order valence-electron chi connectivity index (χ4n) is 2.23. The molecule has 7 nitrogen and oxygen atoms in total. The standard InChI is InChI=1S/C16H24N6O/c1-11-5-4-6-12(9-11)21-15-13(14(18)23)10-20-16(22-15)19-8-3-2-7-17/h4-6,9-10,16,19,21-22H,2-3,7-8,17H2,1H3,(H2,18,23). The second kappa shape index (κ2) is 8.30. The van der Waals surface area contributed by atoms with Gasteiger partial charge in [-0.25, -0.2) is 0 Å². The molecule has 1 aromatic carbocycles. The molecule has 1 atom stereocenters. The monoisotopic (exact) mass is 316 g/mol. The van der Waals surface area contributed by atoms with Crippen LogP contribution in [0.2, 0.25) is 0 Å². The highest BCUT2D eigenvalue weighted by molar-refractivity contribution is 6.12. The lowest BCUT2D eigenvalue weighted by Gasteiger charge is -2.25. The van der Waals surface area contributed by atoms with Gasteiger partial charge in [0.05, 0.1) is 5.57 Å². The van der Waals surface area contributed by atoms with E-state index in [1.807, 2.05) is 31.2 Å². The molecule has 7 N–H and O–H groups in total. The third-order valence-corrected chi connectivity index (χ3v) is 3.42. The van der Waals surface area contributed by atoms with Crippen molar-refractivity contribution in [2.45, 2.75) is 26.1 Å². The van der Waals surface area contributed by atoms with Gasteiger partial charge in [0.25, 0.3) is 5.91 Å². The van der Waals surface area contributed by atoms with Crippen molar-refractivity contribution in [3.8, 4) is 0 Å². The van der Waals surface area contributed by atoms with Gasteiger partial charge in [-0.15, -0.1) is 0 Å². The van der Waals surface area contributed by atoms with E-state index in [0.717, 1.165) is 30.6 Å². The number of nitrogens with zero attached hydrogens (tertiary/aromatic N) is 1. The van der Waals surface area contributed by atoms with E-state index in [1.54, 1.807) is 0 Å². The minimum Gasteiger partial charge on any atom is -0.365 e. The molecule has 1 aromatic rings. The van der Waals surface area contributed by atoms with E-state index in [-0.39, 0.29) is 6.29 Å². The fraction of sp³-hybridized carbons (Fsp3) is 0.375. The Morgan fingerprint density at radius 1 is 1.39 bits per heavy atom. The number of primary amides is 1. The van der Waals surface area contributed by atoms with Crippen molar-refractivity contribution in [1.82, 2.24) is 10.6 Å². The van der Waals surface area contributed by atoms with Gasteiger partial charge in [0.15, 0.2) is 6.29 Å². The first-order valence-electron chi connectivity index (χ1n) is 7.71. The van der Waals surface area contributed by atoms with Gasteiger partial charge in [-0.1, -0.05) is 12.1 Å². The highest BCUT2D eigenvalue weighted by Crippen LogP contribution is 2.14. The predicted molar refractivity (Wildman–Crippen MR) is 92.7 cm³/mol. The van der Waals surface area contributed by atoms with Gasteiger partial charge >= 0.3 is 0 Å². The number of nitrogens with two attached hydrogens (primary N) is 2. The van der Waals surface area contributed by atoms with Gasteiger partial charge in [-0.2, -0.15) is 0 Å². The zero-order chi connectivity index (χ0) is 16.7. The quantitative estimate of drug-likeness (QED) is 0.445. The minimum atomic E-state index is -0.530. The molecule has 1 aliphatic heterocycles. The van der Waals surface area contributed by atoms with E-state index < -0.39 is 5.91 Å². The molecule has 0 fully saturated rings. The number of unbranched alkanes of at least 4 members (excludes halogenated alkanes) is 1. The molecule has 124 valence electrons. The SMILES string of the molecule is Cc1cccc(NC2=C(C(N)=O)C=NC(NCCCCN)N2)c1. The zero-order valence-corrected chi connectivity index (χ0v) is 13.3. The molecule has 1 heterocycles. The number of carbonyl (C=O) groups excluding carboxylic acids is 1. The summed E-state index contributed by atoms with van der Waals surface area (Å²) in [5.74, 6) is 0.0207. The molecule has 0 aliphatic carbocycles. The average Bonchev–Trinajstić information content (AvgIpc) is 2.51. The highest BCUT2D eigenvalue weighted by Gasteiger charge is 2.19. The first-order valence-corrected chi connectivity index (χ1v) is 7.71. The fourth-order valence-corrected chi connectivity index (χ4v) is 2.23. The van der Waals surface area contributed by atoms with Crippen LogP contribution < -0.4 is 27.4 Å². The molecular weight excluding hydrogens is 292 g/mol. The molecule has 0 bridgehead atoms. The third-order valence-electron chi connectivity index (χ3n) is 3.42. The first kappa shape index (κ1) is 17.0. The van der Waals surface area contributed by atoms with Crippen molar-refractivity contribution in [3.05, 3.63) is 41.2 Å². The van der Waals surface area contributed by atoms with Crippen LogP contribution in [0.3, 0.4) is 0 Å². The number of aliphatic imine (C=N–C) groups is 1. The average molecular weight is 316 g/mol. The lowest BCUT2D eigenvalue weighted by molar-refractivity contribution is -0.114. The van der Waals surface area contributed by atoms with Gasteiger partial charge in [0.2, 0.25) is 0 Å². The van der Waals surface area contributed by atoms with Crippen molar-refractivity contribution in [3.63, 3.8) is 0 Å². The summed E-state index contributed by atoms with van der Waals surface area (Å²) >= 11 is 0. The third kappa shape index (κ3) is 5.08. The highest BCUT2D eigenvalue weighted by atomic mass is 16.1. The van der Waals surface area contributed by atoms with Gasteiger partial charge in [0, 0.05) is 11.9 Å². The molecule has 23 heavy (non-hydrogen) atoms. The zero-order valence-electron chi connectivity index (χ0n) is 13.3. The van der Waals surface area contributed by atoms with E-state index >= 15 is 0 Å².